The van der Waals surface area contributed by atoms with Crippen molar-refractivity contribution in [2.75, 3.05) is 31.4 Å². The highest BCUT2D eigenvalue weighted by Gasteiger charge is 2.29. The molecule has 0 saturated carbocycles. The number of halogens is 2. The number of aromatic nitrogens is 2. The zero-order chi connectivity index (χ0) is 32.0. The molecule has 0 N–H and O–H groups in total. The molecule has 0 amide bonds. The van der Waals surface area contributed by atoms with Gasteiger partial charge in [0.25, 0.3) is 0 Å². The lowest BCUT2D eigenvalue weighted by Gasteiger charge is -2.23. The number of rotatable bonds is 8. The summed E-state index contributed by atoms with van der Waals surface area (Å²) >= 11 is 0. The first-order chi connectivity index (χ1) is 21.6. The topological polar surface area (TPSA) is 104 Å². The van der Waals surface area contributed by atoms with Gasteiger partial charge in [-0.1, -0.05) is 36.9 Å². The SMILES string of the molecule is C=C/C=C(\C=C/CF)c1oc2cc(N(C)S(C)(=O)=O)c(-c3ccc4c(n3)-c3cc5c(F)cccc5n3CO4)cc2c1C(=O)OC. The third-order valence-electron chi connectivity index (χ3n) is 7.60. The zero-order valence-corrected chi connectivity index (χ0v) is 25.3. The van der Waals surface area contributed by atoms with Crippen LogP contribution in [0.5, 0.6) is 5.75 Å². The van der Waals surface area contributed by atoms with Gasteiger partial charge in [0.05, 0.1) is 36.0 Å². The Kier molecular flexibility index (Phi) is 7.53. The van der Waals surface area contributed by atoms with E-state index in [9.17, 15) is 22.0 Å². The maximum atomic E-state index is 14.7. The second-order valence-corrected chi connectivity index (χ2v) is 12.3. The van der Waals surface area contributed by atoms with E-state index < -0.39 is 22.7 Å². The van der Waals surface area contributed by atoms with E-state index in [1.54, 1.807) is 47.0 Å². The smallest absolute Gasteiger partial charge is 0.342 e. The molecule has 0 fully saturated rings. The van der Waals surface area contributed by atoms with E-state index in [4.69, 9.17) is 18.9 Å². The van der Waals surface area contributed by atoms with Crippen LogP contribution < -0.4 is 9.04 Å². The summed E-state index contributed by atoms with van der Waals surface area (Å²) < 4.78 is 73.4. The molecular formula is C33H27F2N3O6S. The summed E-state index contributed by atoms with van der Waals surface area (Å²) in [6, 6.07) is 13.0. The lowest BCUT2D eigenvalue weighted by molar-refractivity contribution is 0.0601. The van der Waals surface area contributed by atoms with Gasteiger partial charge in [0.15, 0.2) is 6.73 Å². The number of ether oxygens (including phenoxy) is 2. The Morgan fingerprint density at radius 1 is 1.20 bits per heavy atom. The van der Waals surface area contributed by atoms with E-state index in [-0.39, 0.29) is 35.1 Å². The molecule has 0 bridgehead atoms. The number of nitrogens with zero attached hydrogens (tertiary/aromatic N) is 3. The van der Waals surface area contributed by atoms with Crippen LogP contribution in [0.1, 0.15) is 16.1 Å². The van der Waals surface area contributed by atoms with Gasteiger partial charge in [-0.2, -0.15) is 0 Å². The second kappa shape index (κ2) is 11.4. The maximum Gasteiger partial charge on any atom is 0.342 e. The first-order valence-electron chi connectivity index (χ1n) is 13.7. The maximum absolute atomic E-state index is 14.7. The standard InChI is InChI=1S/C33H27F2N3O6S/c1-5-8-19(9-7-14-34)32-30(33(39)42-3)22-15-21(26(17-29(22)44-32)37(2)45(4,40)41)24-12-13-28-31(36-24)27-16-20-23(35)10-6-11-25(20)38(27)18-43-28/h5-13,15-17H,1,14,18H2,2-4H3/b9-7-,19-8+. The highest BCUT2D eigenvalue weighted by Crippen LogP contribution is 2.43. The molecule has 5 aromatic rings. The molecular weight excluding hydrogens is 604 g/mol. The van der Waals surface area contributed by atoms with Crippen molar-refractivity contribution in [3.63, 3.8) is 0 Å². The van der Waals surface area contributed by atoms with Gasteiger partial charge in [-0.3, -0.25) is 4.31 Å². The van der Waals surface area contributed by atoms with Crippen LogP contribution in [0.2, 0.25) is 0 Å². The summed E-state index contributed by atoms with van der Waals surface area (Å²) in [6.07, 6.45) is 6.77. The predicted octanol–water partition coefficient (Wildman–Crippen LogP) is 6.88. The number of methoxy groups -OCH3 is 1. The zero-order valence-electron chi connectivity index (χ0n) is 24.5. The van der Waals surface area contributed by atoms with Crippen molar-refractivity contribution in [2.45, 2.75) is 6.73 Å². The Morgan fingerprint density at radius 3 is 2.71 bits per heavy atom. The van der Waals surface area contributed by atoms with E-state index >= 15 is 0 Å². The summed E-state index contributed by atoms with van der Waals surface area (Å²) in [7, 11) is -1.17. The Labute approximate surface area is 257 Å². The molecule has 2 aromatic carbocycles. The Balaban J connectivity index is 1.64. The van der Waals surface area contributed by atoms with Crippen LogP contribution in [-0.4, -0.2) is 51.0 Å². The van der Waals surface area contributed by atoms with Crippen LogP contribution >= 0.6 is 0 Å². The number of allylic oxidation sites excluding steroid dienone is 5. The second-order valence-electron chi connectivity index (χ2n) is 10.3. The molecule has 0 atom stereocenters. The van der Waals surface area contributed by atoms with Gasteiger partial charge in [0.1, 0.15) is 40.8 Å². The fraction of sp³-hybridized carbons (Fsp3) is 0.152. The number of fused-ring (bicyclic) bond motifs is 6. The molecule has 4 heterocycles. The highest BCUT2D eigenvalue weighted by molar-refractivity contribution is 7.92. The molecule has 1 aliphatic rings. The average Bonchev–Trinajstić information content (AvgIpc) is 3.60. The molecule has 6 rings (SSSR count). The van der Waals surface area contributed by atoms with Crippen molar-refractivity contribution >= 4 is 49.1 Å². The molecule has 0 radical (unpaired) electrons. The van der Waals surface area contributed by atoms with E-state index in [0.29, 0.717) is 50.3 Å². The quantitative estimate of drug-likeness (QED) is 0.136. The van der Waals surface area contributed by atoms with Crippen molar-refractivity contribution in [1.29, 1.82) is 0 Å². The first kappa shape index (κ1) is 29.8. The van der Waals surface area contributed by atoms with Gasteiger partial charge in [-0.25, -0.2) is 27.0 Å². The van der Waals surface area contributed by atoms with Gasteiger partial charge in [-0.05, 0) is 36.4 Å². The Morgan fingerprint density at radius 2 is 2.00 bits per heavy atom. The minimum atomic E-state index is -3.78. The number of sulfonamides is 1. The number of carbonyl (C=O) groups is 1. The van der Waals surface area contributed by atoms with E-state index in [2.05, 4.69) is 6.58 Å². The minimum absolute atomic E-state index is 0.0517. The number of hydrogen-bond acceptors (Lipinski definition) is 7. The molecule has 3 aromatic heterocycles. The van der Waals surface area contributed by atoms with Gasteiger partial charge < -0.3 is 18.5 Å². The first-order valence-corrected chi connectivity index (χ1v) is 15.5. The van der Waals surface area contributed by atoms with Gasteiger partial charge in [0, 0.05) is 35.0 Å². The molecule has 0 unspecified atom stereocenters. The lowest BCUT2D eigenvalue weighted by Crippen LogP contribution is -2.25. The number of pyridine rings is 1. The van der Waals surface area contributed by atoms with Crippen LogP contribution in [0.15, 0.2) is 83.8 Å². The Hall–Kier alpha value is -5.23. The van der Waals surface area contributed by atoms with Crippen molar-refractivity contribution in [3.8, 4) is 28.4 Å². The number of benzene rings is 2. The largest absolute Gasteiger partial charge is 0.470 e. The summed E-state index contributed by atoms with van der Waals surface area (Å²) in [5.41, 5.74) is 3.18. The van der Waals surface area contributed by atoms with Crippen LogP contribution in [0.3, 0.4) is 0 Å². The van der Waals surface area contributed by atoms with Gasteiger partial charge in [-0.15, -0.1) is 0 Å². The number of alkyl halides is 1. The number of furan rings is 1. The average molecular weight is 632 g/mol. The van der Waals surface area contributed by atoms with E-state index in [1.807, 2.05) is 0 Å². The molecule has 9 nitrogen and oxygen atoms in total. The fourth-order valence-corrected chi connectivity index (χ4v) is 5.91. The molecule has 0 aliphatic carbocycles. The Bertz CT molecular complexity index is 2200. The van der Waals surface area contributed by atoms with Crippen molar-refractivity contribution in [3.05, 3.63) is 96.6 Å². The van der Waals surface area contributed by atoms with Crippen molar-refractivity contribution in [1.82, 2.24) is 9.55 Å². The molecule has 0 saturated heterocycles. The summed E-state index contributed by atoms with van der Waals surface area (Å²) in [6.45, 7) is 3.09. The summed E-state index contributed by atoms with van der Waals surface area (Å²) in [4.78, 5) is 18.0. The molecule has 12 heteroatoms. The van der Waals surface area contributed by atoms with E-state index in [1.165, 1.54) is 44.5 Å². The van der Waals surface area contributed by atoms with Crippen LogP contribution in [0.25, 0.3) is 50.1 Å². The third-order valence-corrected chi connectivity index (χ3v) is 8.79. The van der Waals surface area contributed by atoms with Crippen molar-refractivity contribution < 1.29 is 35.9 Å². The van der Waals surface area contributed by atoms with E-state index in [0.717, 1.165) is 10.6 Å². The monoisotopic (exact) mass is 631 g/mol. The molecule has 230 valence electrons. The molecule has 1 aliphatic heterocycles. The van der Waals surface area contributed by atoms with Gasteiger partial charge >= 0.3 is 5.97 Å². The molecule has 45 heavy (non-hydrogen) atoms. The normalized spacial score (nSPS) is 13.1. The van der Waals surface area contributed by atoms with Gasteiger partial charge in [0.2, 0.25) is 10.0 Å². The number of esters is 1. The lowest BCUT2D eigenvalue weighted by atomic mass is 10.0. The molecule has 0 spiro atoms. The number of anilines is 1. The summed E-state index contributed by atoms with van der Waals surface area (Å²) in [5, 5.41) is 0.724. The third kappa shape index (κ3) is 5.06. The van der Waals surface area contributed by atoms with Crippen LogP contribution in [-0.2, 0) is 21.5 Å². The number of carbonyl (C=O) groups excluding carboxylic acids is 1. The minimum Gasteiger partial charge on any atom is -0.470 e. The fourth-order valence-electron chi connectivity index (χ4n) is 5.40. The van der Waals surface area contributed by atoms with Crippen LogP contribution in [0.4, 0.5) is 14.5 Å². The number of hydrogen-bond donors (Lipinski definition) is 0. The predicted molar refractivity (Wildman–Crippen MR) is 169 cm³/mol. The van der Waals surface area contributed by atoms with Crippen LogP contribution in [0, 0.1) is 5.82 Å². The van der Waals surface area contributed by atoms with Crippen molar-refractivity contribution in [2.24, 2.45) is 0 Å². The highest BCUT2D eigenvalue weighted by atomic mass is 32.2. The summed E-state index contributed by atoms with van der Waals surface area (Å²) in [5.74, 6) is -0.550.